The first-order chi connectivity index (χ1) is 8.91. The lowest BCUT2D eigenvalue weighted by molar-refractivity contribution is 0.915. The quantitative estimate of drug-likeness (QED) is 0.372. The highest BCUT2D eigenvalue weighted by molar-refractivity contribution is 6.95. The van der Waals surface area contributed by atoms with Gasteiger partial charge in [-0.25, -0.2) is 0 Å². The van der Waals surface area contributed by atoms with Crippen molar-refractivity contribution in [2.45, 2.75) is 53.4 Å². The van der Waals surface area contributed by atoms with Crippen molar-refractivity contribution in [1.29, 1.82) is 0 Å². The molecule has 0 heterocycles. The SMILES string of the molecule is CC(C)=CCCC(C)=CCCC(C)=CCN=C(Cl)Cl. The number of aliphatic imine (C=N–C) groups is 1. The molecule has 0 unspecified atom stereocenters. The van der Waals surface area contributed by atoms with Crippen LogP contribution in [0.2, 0.25) is 0 Å². The lowest BCUT2D eigenvalue weighted by Gasteiger charge is -2.01. The van der Waals surface area contributed by atoms with Gasteiger partial charge in [0.1, 0.15) is 0 Å². The highest BCUT2D eigenvalue weighted by Crippen LogP contribution is 2.11. The van der Waals surface area contributed by atoms with Crippen molar-refractivity contribution in [2.75, 3.05) is 6.54 Å². The minimum atomic E-state index is 0.0964. The maximum absolute atomic E-state index is 5.45. The summed E-state index contributed by atoms with van der Waals surface area (Å²) in [6, 6.07) is 0. The van der Waals surface area contributed by atoms with Crippen molar-refractivity contribution in [3.63, 3.8) is 0 Å². The molecule has 0 aromatic heterocycles. The van der Waals surface area contributed by atoms with Crippen LogP contribution in [0.5, 0.6) is 0 Å². The van der Waals surface area contributed by atoms with Crippen molar-refractivity contribution >= 4 is 27.8 Å². The molecular formula is C16H25Cl2N. The van der Waals surface area contributed by atoms with Gasteiger partial charge in [-0.3, -0.25) is 4.99 Å². The van der Waals surface area contributed by atoms with Gasteiger partial charge < -0.3 is 0 Å². The Morgan fingerprint density at radius 1 is 0.842 bits per heavy atom. The van der Waals surface area contributed by atoms with Gasteiger partial charge in [-0.1, -0.05) is 34.9 Å². The first-order valence-electron chi connectivity index (χ1n) is 6.72. The van der Waals surface area contributed by atoms with Crippen molar-refractivity contribution in [1.82, 2.24) is 0 Å². The topological polar surface area (TPSA) is 12.4 Å². The summed E-state index contributed by atoms with van der Waals surface area (Å²) in [7, 11) is 0. The molecule has 0 aliphatic rings. The normalized spacial score (nSPS) is 12.3. The molecule has 0 bridgehead atoms. The van der Waals surface area contributed by atoms with E-state index in [1.165, 1.54) is 16.7 Å². The minimum absolute atomic E-state index is 0.0964. The summed E-state index contributed by atoms with van der Waals surface area (Å²) in [6.07, 6.45) is 11.1. The van der Waals surface area contributed by atoms with Crippen molar-refractivity contribution < 1.29 is 0 Å². The monoisotopic (exact) mass is 301 g/mol. The van der Waals surface area contributed by atoms with Crippen LogP contribution in [-0.2, 0) is 0 Å². The average molecular weight is 302 g/mol. The van der Waals surface area contributed by atoms with E-state index in [2.05, 4.69) is 50.9 Å². The fraction of sp³-hybridized carbons (Fsp3) is 0.562. The van der Waals surface area contributed by atoms with Crippen LogP contribution in [-0.4, -0.2) is 11.2 Å². The number of nitrogens with zero attached hydrogens (tertiary/aromatic N) is 1. The van der Waals surface area contributed by atoms with Gasteiger partial charge in [-0.15, -0.1) is 0 Å². The summed E-state index contributed by atoms with van der Waals surface area (Å²) >= 11 is 10.9. The zero-order chi connectivity index (χ0) is 14.7. The third-order valence-corrected chi connectivity index (χ3v) is 3.01. The summed E-state index contributed by atoms with van der Waals surface area (Å²) in [4.78, 5) is 3.91. The smallest absolute Gasteiger partial charge is 0.192 e. The van der Waals surface area contributed by atoms with Crippen LogP contribution >= 0.6 is 23.2 Å². The molecule has 0 amide bonds. The minimum Gasteiger partial charge on any atom is -0.259 e. The predicted molar refractivity (Wildman–Crippen MR) is 89.4 cm³/mol. The van der Waals surface area contributed by atoms with Gasteiger partial charge in [-0.05, 0) is 76.6 Å². The third kappa shape index (κ3) is 13.7. The Hall–Kier alpha value is -0.530. The Labute approximate surface area is 128 Å². The van der Waals surface area contributed by atoms with Gasteiger partial charge in [-0.2, -0.15) is 0 Å². The van der Waals surface area contributed by atoms with Crippen molar-refractivity contribution in [3.8, 4) is 0 Å². The maximum atomic E-state index is 5.45. The second-order valence-corrected chi connectivity index (χ2v) is 5.95. The van der Waals surface area contributed by atoms with E-state index in [1.54, 1.807) is 0 Å². The largest absolute Gasteiger partial charge is 0.259 e. The van der Waals surface area contributed by atoms with Crippen molar-refractivity contribution in [3.05, 3.63) is 34.9 Å². The molecule has 0 atom stereocenters. The molecule has 3 heteroatoms. The van der Waals surface area contributed by atoms with Gasteiger partial charge in [0.05, 0.1) is 6.54 Å². The van der Waals surface area contributed by atoms with E-state index in [0.29, 0.717) is 6.54 Å². The predicted octanol–water partition coefficient (Wildman–Crippen LogP) is 6.24. The summed E-state index contributed by atoms with van der Waals surface area (Å²) in [5, 5.41) is 0. The molecule has 0 N–H and O–H groups in total. The van der Waals surface area contributed by atoms with Crippen LogP contribution in [0.15, 0.2) is 39.9 Å². The summed E-state index contributed by atoms with van der Waals surface area (Å²) in [5.74, 6) is 0. The zero-order valence-corrected chi connectivity index (χ0v) is 14.0. The summed E-state index contributed by atoms with van der Waals surface area (Å²) < 4.78 is 0.0964. The van der Waals surface area contributed by atoms with Gasteiger partial charge in [0.15, 0.2) is 4.63 Å². The maximum Gasteiger partial charge on any atom is 0.192 e. The second kappa shape index (κ2) is 11.3. The molecule has 0 aromatic rings. The molecular weight excluding hydrogens is 277 g/mol. The van der Waals surface area contributed by atoms with E-state index in [1.807, 2.05) is 0 Å². The fourth-order valence-electron chi connectivity index (χ4n) is 1.61. The number of hydrogen-bond acceptors (Lipinski definition) is 1. The highest BCUT2D eigenvalue weighted by atomic mass is 35.5. The van der Waals surface area contributed by atoms with Crippen LogP contribution in [0.3, 0.4) is 0 Å². The van der Waals surface area contributed by atoms with Gasteiger partial charge >= 0.3 is 0 Å². The van der Waals surface area contributed by atoms with E-state index < -0.39 is 0 Å². The van der Waals surface area contributed by atoms with Crippen LogP contribution in [0.25, 0.3) is 0 Å². The highest BCUT2D eigenvalue weighted by Gasteiger charge is 1.92. The van der Waals surface area contributed by atoms with E-state index in [4.69, 9.17) is 23.2 Å². The molecule has 19 heavy (non-hydrogen) atoms. The fourth-order valence-corrected chi connectivity index (χ4v) is 1.75. The lowest BCUT2D eigenvalue weighted by Crippen LogP contribution is -1.83. The van der Waals surface area contributed by atoms with Crippen LogP contribution in [0.1, 0.15) is 53.4 Å². The summed E-state index contributed by atoms with van der Waals surface area (Å²) in [5.41, 5.74) is 4.18. The van der Waals surface area contributed by atoms with E-state index >= 15 is 0 Å². The molecule has 0 radical (unpaired) electrons. The molecule has 0 aliphatic heterocycles. The molecule has 0 saturated carbocycles. The van der Waals surface area contributed by atoms with Crippen LogP contribution in [0.4, 0.5) is 0 Å². The molecule has 0 fully saturated rings. The van der Waals surface area contributed by atoms with E-state index in [0.717, 1.165) is 25.7 Å². The zero-order valence-electron chi connectivity index (χ0n) is 12.5. The Bertz CT molecular complexity index is 368. The first kappa shape index (κ1) is 18.5. The standard InChI is InChI=1S/C16H25Cl2N/c1-13(2)7-5-8-14(3)9-6-10-15(4)11-12-19-16(17)18/h7,9,11H,5-6,8,10,12H2,1-4H3. The Balaban J connectivity index is 3.93. The molecule has 0 aromatic carbocycles. The van der Waals surface area contributed by atoms with Crippen molar-refractivity contribution in [2.24, 2.45) is 4.99 Å². The number of rotatable bonds is 8. The second-order valence-electron chi connectivity index (χ2n) is 5.04. The third-order valence-electron chi connectivity index (χ3n) is 2.77. The Morgan fingerprint density at radius 3 is 1.89 bits per heavy atom. The molecule has 0 rings (SSSR count). The molecule has 108 valence electrons. The molecule has 0 aliphatic carbocycles. The Morgan fingerprint density at radius 2 is 1.37 bits per heavy atom. The molecule has 1 nitrogen and oxygen atoms in total. The number of allylic oxidation sites excluding steroid dienone is 5. The lowest BCUT2D eigenvalue weighted by atomic mass is 10.1. The number of hydrogen-bond donors (Lipinski definition) is 0. The van der Waals surface area contributed by atoms with Crippen LogP contribution < -0.4 is 0 Å². The Kier molecular flexibility index (Phi) is 11.0. The first-order valence-corrected chi connectivity index (χ1v) is 7.47. The van der Waals surface area contributed by atoms with Gasteiger partial charge in [0, 0.05) is 0 Å². The van der Waals surface area contributed by atoms with Gasteiger partial charge in [0.25, 0.3) is 0 Å². The van der Waals surface area contributed by atoms with E-state index in [9.17, 15) is 0 Å². The molecule has 0 saturated heterocycles. The van der Waals surface area contributed by atoms with E-state index in [-0.39, 0.29) is 4.63 Å². The van der Waals surface area contributed by atoms with Gasteiger partial charge in [0.2, 0.25) is 0 Å². The average Bonchev–Trinajstić information content (AvgIpc) is 2.27. The molecule has 0 spiro atoms. The summed E-state index contributed by atoms with van der Waals surface area (Å²) in [6.45, 7) is 9.17. The number of halogens is 2. The van der Waals surface area contributed by atoms with Crippen LogP contribution in [0, 0.1) is 0 Å².